The zero-order valence-corrected chi connectivity index (χ0v) is 7.53. The summed E-state index contributed by atoms with van der Waals surface area (Å²) in [6.07, 6.45) is 1.51. The fourth-order valence-corrected chi connectivity index (χ4v) is 3.55. The summed E-state index contributed by atoms with van der Waals surface area (Å²) in [7, 11) is 1.41. The Bertz CT molecular complexity index is 297. The minimum absolute atomic E-state index is 0.156. The summed E-state index contributed by atoms with van der Waals surface area (Å²) in [5.74, 6) is 2.36. The number of carbonyl (C=O) groups excluding carboxylic acids is 2. The Morgan fingerprint density at radius 1 is 1.62 bits per heavy atom. The highest BCUT2D eigenvalue weighted by atomic mass is 16.5. The van der Waals surface area contributed by atoms with Crippen molar-refractivity contribution in [3.8, 4) is 0 Å². The number of ketones is 1. The van der Waals surface area contributed by atoms with Crippen LogP contribution in [0.3, 0.4) is 0 Å². The molecule has 4 aliphatic carbocycles. The predicted molar refractivity (Wildman–Crippen MR) is 43.7 cm³/mol. The van der Waals surface area contributed by atoms with Crippen LogP contribution in [0.15, 0.2) is 0 Å². The average Bonchev–Trinajstić information content (AvgIpc) is 2.44. The summed E-state index contributed by atoms with van der Waals surface area (Å²) in [5.41, 5.74) is 0. The molecule has 0 unspecified atom stereocenters. The number of ether oxygens (including phenoxy) is 1. The molecule has 0 radical (unpaired) electrons. The van der Waals surface area contributed by atoms with Gasteiger partial charge in [0.2, 0.25) is 0 Å². The minimum Gasteiger partial charge on any atom is -0.469 e. The third kappa shape index (κ3) is 0.754. The Kier molecular flexibility index (Phi) is 1.24. The van der Waals surface area contributed by atoms with Crippen LogP contribution in [0.2, 0.25) is 0 Å². The fourth-order valence-electron chi connectivity index (χ4n) is 3.55. The zero-order valence-electron chi connectivity index (χ0n) is 7.53. The number of Topliss-reactive ketones (excluding diaryl/α,β-unsaturated/α-hetero) is 1. The summed E-state index contributed by atoms with van der Waals surface area (Å²) < 4.78 is 4.63. The molecule has 0 heterocycles. The monoisotopic (exact) mass is 180 g/mol. The third-order valence-electron chi connectivity index (χ3n) is 4.09. The second kappa shape index (κ2) is 2.14. The second-order valence-corrected chi connectivity index (χ2v) is 4.46. The van der Waals surface area contributed by atoms with Gasteiger partial charge in [-0.25, -0.2) is 0 Å². The Labute approximate surface area is 76.4 Å². The van der Waals surface area contributed by atoms with Gasteiger partial charge in [0.25, 0.3) is 0 Å². The van der Waals surface area contributed by atoms with Gasteiger partial charge in [-0.1, -0.05) is 0 Å². The molecule has 3 nitrogen and oxygen atoms in total. The van der Waals surface area contributed by atoms with E-state index in [9.17, 15) is 9.59 Å². The SMILES string of the molecule is COC(=O)C[C@H]1[C@@H]2[C@H]3C[C@H]1C(=O)[C@H]32. The van der Waals surface area contributed by atoms with Crippen molar-refractivity contribution in [1.82, 2.24) is 0 Å². The van der Waals surface area contributed by atoms with E-state index in [1.54, 1.807) is 0 Å². The van der Waals surface area contributed by atoms with Crippen molar-refractivity contribution in [3.05, 3.63) is 0 Å². The van der Waals surface area contributed by atoms with Crippen molar-refractivity contribution < 1.29 is 14.3 Å². The number of hydrogen-bond acceptors (Lipinski definition) is 3. The smallest absolute Gasteiger partial charge is 0.305 e. The molecule has 4 bridgehead atoms. The Balaban J connectivity index is 1.75. The van der Waals surface area contributed by atoms with E-state index >= 15 is 0 Å². The van der Waals surface area contributed by atoms with Crippen molar-refractivity contribution in [2.75, 3.05) is 7.11 Å². The van der Waals surface area contributed by atoms with Crippen molar-refractivity contribution in [3.63, 3.8) is 0 Å². The maximum absolute atomic E-state index is 11.5. The molecule has 0 N–H and O–H groups in total. The maximum atomic E-state index is 11.5. The van der Waals surface area contributed by atoms with Gasteiger partial charge in [-0.2, -0.15) is 0 Å². The molecule has 0 aromatic rings. The quantitative estimate of drug-likeness (QED) is 0.585. The molecule has 4 saturated carbocycles. The maximum Gasteiger partial charge on any atom is 0.305 e. The number of methoxy groups -OCH3 is 1. The molecule has 4 rings (SSSR count). The first kappa shape index (κ1) is 7.54. The highest BCUT2D eigenvalue weighted by Crippen LogP contribution is 2.71. The largest absolute Gasteiger partial charge is 0.469 e. The summed E-state index contributed by atoms with van der Waals surface area (Å²) in [4.78, 5) is 22.6. The lowest BCUT2D eigenvalue weighted by Crippen LogP contribution is -2.16. The van der Waals surface area contributed by atoms with Gasteiger partial charge in [0.15, 0.2) is 0 Å². The molecule has 0 spiro atoms. The van der Waals surface area contributed by atoms with Crippen LogP contribution in [0.5, 0.6) is 0 Å². The van der Waals surface area contributed by atoms with E-state index in [1.807, 2.05) is 0 Å². The normalized spacial score (nSPS) is 49.6. The van der Waals surface area contributed by atoms with Gasteiger partial charge in [0.05, 0.1) is 7.11 Å². The van der Waals surface area contributed by atoms with Gasteiger partial charge in [-0.3, -0.25) is 9.59 Å². The summed E-state index contributed by atoms with van der Waals surface area (Å²) >= 11 is 0. The van der Waals surface area contributed by atoms with Gasteiger partial charge < -0.3 is 4.74 Å². The number of carbonyl (C=O) groups is 2. The van der Waals surface area contributed by atoms with Crippen molar-refractivity contribution in [2.45, 2.75) is 12.8 Å². The van der Waals surface area contributed by atoms with Crippen LogP contribution >= 0.6 is 0 Å². The highest BCUT2D eigenvalue weighted by Gasteiger charge is 2.73. The van der Waals surface area contributed by atoms with E-state index in [4.69, 9.17) is 0 Å². The van der Waals surface area contributed by atoms with E-state index in [2.05, 4.69) is 4.74 Å². The molecule has 4 fully saturated rings. The van der Waals surface area contributed by atoms with Gasteiger partial charge in [-0.15, -0.1) is 0 Å². The van der Waals surface area contributed by atoms with Crippen molar-refractivity contribution >= 4 is 11.8 Å². The van der Waals surface area contributed by atoms with Gasteiger partial charge in [0, 0.05) is 18.3 Å². The molecule has 0 aliphatic heterocycles. The van der Waals surface area contributed by atoms with E-state index in [0.29, 0.717) is 35.9 Å². The van der Waals surface area contributed by atoms with Crippen LogP contribution in [-0.4, -0.2) is 18.9 Å². The van der Waals surface area contributed by atoms with Crippen LogP contribution in [0.25, 0.3) is 0 Å². The standard InChI is InChI=1S/C10H12O3/c1-13-7(11)3-4-5-2-6-8(4)9(6)10(5)12/h4-6,8-9H,2-3H2,1H3/t4-,5-,6-,8-,9-/m1/s1. The minimum atomic E-state index is -0.156. The highest BCUT2D eigenvalue weighted by molar-refractivity contribution is 5.93. The van der Waals surface area contributed by atoms with E-state index < -0.39 is 0 Å². The average molecular weight is 180 g/mol. The molecular weight excluding hydrogens is 168 g/mol. The second-order valence-electron chi connectivity index (χ2n) is 4.46. The molecule has 4 aliphatic rings. The van der Waals surface area contributed by atoms with E-state index in [0.717, 1.165) is 6.42 Å². The van der Waals surface area contributed by atoms with Gasteiger partial charge >= 0.3 is 5.97 Å². The van der Waals surface area contributed by atoms with Crippen molar-refractivity contribution in [2.24, 2.45) is 29.6 Å². The zero-order chi connectivity index (χ0) is 9.16. The van der Waals surface area contributed by atoms with E-state index in [-0.39, 0.29) is 11.9 Å². The molecule has 0 aromatic heterocycles. The number of hydrogen-bond donors (Lipinski definition) is 0. The molecule has 3 heteroatoms. The first-order valence-electron chi connectivity index (χ1n) is 4.84. The van der Waals surface area contributed by atoms with Crippen LogP contribution in [-0.2, 0) is 14.3 Å². The lowest BCUT2D eigenvalue weighted by atomic mass is 9.94. The van der Waals surface area contributed by atoms with Crippen LogP contribution < -0.4 is 0 Å². The summed E-state index contributed by atoms with van der Waals surface area (Å²) in [6, 6.07) is 0. The summed E-state index contributed by atoms with van der Waals surface area (Å²) in [6.45, 7) is 0. The Morgan fingerprint density at radius 2 is 2.38 bits per heavy atom. The van der Waals surface area contributed by atoms with Gasteiger partial charge in [-0.05, 0) is 24.2 Å². The molecule has 70 valence electrons. The Morgan fingerprint density at radius 3 is 2.77 bits per heavy atom. The predicted octanol–water partition coefficient (Wildman–Crippen LogP) is 0.630. The lowest BCUT2D eigenvalue weighted by Gasteiger charge is -2.10. The van der Waals surface area contributed by atoms with Crippen LogP contribution in [0.1, 0.15) is 12.8 Å². The summed E-state index contributed by atoms with van der Waals surface area (Å²) in [5, 5.41) is 0. The lowest BCUT2D eigenvalue weighted by molar-refractivity contribution is -0.142. The molecular formula is C10H12O3. The van der Waals surface area contributed by atoms with Crippen LogP contribution in [0, 0.1) is 29.6 Å². The third-order valence-corrected chi connectivity index (χ3v) is 4.09. The van der Waals surface area contributed by atoms with Crippen LogP contribution in [0.4, 0.5) is 0 Å². The Hall–Kier alpha value is -0.860. The first-order chi connectivity index (χ1) is 6.24. The topological polar surface area (TPSA) is 43.4 Å². The van der Waals surface area contributed by atoms with Crippen molar-refractivity contribution in [1.29, 1.82) is 0 Å². The molecule has 13 heavy (non-hydrogen) atoms. The van der Waals surface area contributed by atoms with Gasteiger partial charge in [0.1, 0.15) is 5.78 Å². The first-order valence-corrected chi connectivity index (χ1v) is 4.84. The molecule has 0 amide bonds. The molecule has 0 saturated heterocycles. The molecule has 5 atom stereocenters. The number of esters is 1. The fraction of sp³-hybridized carbons (Fsp3) is 0.800. The van der Waals surface area contributed by atoms with E-state index in [1.165, 1.54) is 7.11 Å². The number of rotatable bonds is 2. The molecule has 0 aromatic carbocycles.